The Labute approximate surface area is 114 Å². The average molecular weight is 279 g/mol. The molecule has 0 saturated carbocycles. The molecule has 1 aromatic heterocycles. The first-order valence-corrected chi connectivity index (χ1v) is 6.82. The lowest BCUT2D eigenvalue weighted by atomic mass is 10.1. The number of carbonyl (C=O) groups is 1. The van der Waals surface area contributed by atoms with Gasteiger partial charge >= 0.3 is 0 Å². The van der Waals surface area contributed by atoms with E-state index in [1.165, 1.54) is 23.5 Å². The van der Waals surface area contributed by atoms with Gasteiger partial charge in [0.2, 0.25) is 11.0 Å². The maximum absolute atomic E-state index is 12.8. The third-order valence-electron chi connectivity index (χ3n) is 2.81. The molecule has 1 amide bonds. The van der Waals surface area contributed by atoms with Crippen molar-refractivity contribution in [1.29, 1.82) is 0 Å². The Bertz CT molecular complexity index is 568. The van der Waals surface area contributed by atoms with Crippen molar-refractivity contribution in [1.82, 2.24) is 10.2 Å². The average Bonchev–Trinajstić information content (AvgIpc) is 2.87. The highest BCUT2D eigenvalue weighted by molar-refractivity contribution is 7.18. The number of carbonyl (C=O) groups excluding carboxylic acids is 1. The van der Waals surface area contributed by atoms with Crippen LogP contribution < -0.4 is 5.32 Å². The molecule has 0 fully saturated rings. The number of aromatic nitrogens is 2. The van der Waals surface area contributed by atoms with Crippen LogP contribution in [0.15, 0.2) is 24.3 Å². The van der Waals surface area contributed by atoms with Gasteiger partial charge in [-0.15, -0.1) is 10.2 Å². The fourth-order valence-corrected chi connectivity index (χ4v) is 2.15. The van der Waals surface area contributed by atoms with Crippen LogP contribution in [0, 0.1) is 11.7 Å². The van der Waals surface area contributed by atoms with E-state index in [1.54, 1.807) is 12.1 Å². The Hall–Kier alpha value is -1.82. The molecule has 0 unspecified atom stereocenters. The van der Waals surface area contributed by atoms with Gasteiger partial charge in [0.25, 0.3) is 0 Å². The van der Waals surface area contributed by atoms with Gasteiger partial charge in [-0.1, -0.05) is 25.2 Å². The highest BCUT2D eigenvalue weighted by Crippen LogP contribution is 2.26. The van der Waals surface area contributed by atoms with Gasteiger partial charge in [-0.2, -0.15) is 0 Å². The molecule has 19 heavy (non-hydrogen) atoms. The van der Waals surface area contributed by atoms with Crippen molar-refractivity contribution >= 4 is 22.4 Å². The summed E-state index contributed by atoms with van der Waals surface area (Å²) < 4.78 is 12.8. The van der Waals surface area contributed by atoms with Gasteiger partial charge in [-0.25, -0.2) is 4.39 Å². The zero-order valence-electron chi connectivity index (χ0n) is 10.7. The van der Waals surface area contributed by atoms with Crippen LogP contribution in [0.2, 0.25) is 0 Å². The minimum atomic E-state index is -0.293. The first-order valence-electron chi connectivity index (χ1n) is 6.00. The van der Waals surface area contributed by atoms with Crippen molar-refractivity contribution in [3.63, 3.8) is 0 Å². The number of halogens is 1. The fourth-order valence-electron chi connectivity index (χ4n) is 1.40. The van der Waals surface area contributed by atoms with Crippen LogP contribution in [0.1, 0.15) is 20.3 Å². The monoisotopic (exact) mass is 279 g/mol. The molecule has 6 heteroatoms. The van der Waals surface area contributed by atoms with E-state index in [1.807, 2.05) is 13.8 Å². The van der Waals surface area contributed by atoms with Crippen LogP contribution in [0.25, 0.3) is 10.6 Å². The third kappa shape index (κ3) is 3.35. The summed E-state index contributed by atoms with van der Waals surface area (Å²) in [6, 6.07) is 6.01. The molecule has 0 radical (unpaired) electrons. The molecular formula is C13H14FN3OS. The highest BCUT2D eigenvalue weighted by Gasteiger charge is 2.13. The van der Waals surface area contributed by atoms with Gasteiger partial charge in [-0.05, 0) is 30.7 Å². The summed E-state index contributed by atoms with van der Waals surface area (Å²) in [4.78, 5) is 11.7. The van der Waals surface area contributed by atoms with E-state index >= 15 is 0 Å². The largest absolute Gasteiger partial charge is 0.300 e. The molecule has 1 aromatic carbocycles. The lowest BCUT2D eigenvalue weighted by Crippen LogP contribution is -2.19. The Morgan fingerprint density at radius 2 is 2.05 bits per heavy atom. The molecule has 0 saturated heterocycles. The van der Waals surface area contributed by atoms with Crippen LogP contribution in [-0.2, 0) is 4.79 Å². The first kappa shape index (κ1) is 13.6. The topological polar surface area (TPSA) is 54.9 Å². The van der Waals surface area contributed by atoms with Crippen molar-refractivity contribution in [3.05, 3.63) is 30.1 Å². The molecule has 0 aliphatic rings. The predicted octanol–water partition coefficient (Wildman–Crippen LogP) is 3.33. The molecule has 2 rings (SSSR count). The van der Waals surface area contributed by atoms with Crippen LogP contribution in [0.5, 0.6) is 0 Å². The van der Waals surface area contributed by atoms with Gasteiger partial charge < -0.3 is 5.32 Å². The first-order chi connectivity index (χ1) is 9.10. The van der Waals surface area contributed by atoms with E-state index in [9.17, 15) is 9.18 Å². The predicted molar refractivity (Wildman–Crippen MR) is 73.4 cm³/mol. The molecule has 0 bridgehead atoms. The molecule has 1 atom stereocenters. The Morgan fingerprint density at radius 3 is 2.68 bits per heavy atom. The van der Waals surface area contributed by atoms with Crippen molar-refractivity contribution in [2.24, 2.45) is 5.92 Å². The summed E-state index contributed by atoms with van der Waals surface area (Å²) in [5.74, 6) is -0.416. The number of anilines is 1. The maximum atomic E-state index is 12.8. The van der Waals surface area contributed by atoms with E-state index in [0.717, 1.165) is 12.0 Å². The number of rotatable bonds is 4. The summed E-state index contributed by atoms with van der Waals surface area (Å²) in [5.41, 5.74) is 0.780. The van der Waals surface area contributed by atoms with Crippen LogP contribution in [-0.4, -0.2) is 16.1 Å². The molecule has 4 nitrogen and oxygen atoms in total. The zero-order valence-corrected chi connectivity index (χ0v) is 11.5. The lowest BCUT2D eigenvalue weighted by Gasteiger charge is -2.06. The minimum absolute atomic E-state index is 0.0572. The SMILES string of the molecule is CC[C@H](C)C(=O)Nc1nnc(-c2ccc(F)cc2)s1. The van der Waals surface area contributed by atoms with Crippen molar-refractivity contribution < 1.29 is 9.18 Å². The summed E-state index contributed by atoms with van der Waals surface area (Å²) >= 11 is 1.27. The Balaban J connectivity index is 2.11. The standard InChI is InChI=1S/C13H14FN3OS/c1-3-8(2)11(18)15-13-17-16-12(19-13)9-4-6-10(14)7-5-9/h4-8H,3H2,1-2H3,(H,15,17,18)/t8-/m0/s1. The summed E-state index contributed by atoms with van der Waals surface area (Å²) in [6.07, 6.45) is 0.773. The molecule has 1 N–H and O–H groups in total. The molecule has 0 aliphatic heterocycles. The molecular weight excluding hydrogens is 265 g/mol. The second-order valence-corrected chi connectivity index (χ2v) is 5.20. The number of nitrogens with one attached hydrogen (secondary N) is 1. The van der Waals surface area contributed by atoms with Crippen LogP contribution >= 0.6 is 11.3 Å². The van der Waals surface area contributed by atoms with E-state index in [-0.39, 0.29) is 17.6 Å². The Kier molecular flexibility index (Phi) is 4.21. The van der Waals surface area contributed by atoms with E-state index in [4.69, 9.17) is 0 Å². The number of hydrogen-bond acceptors (Lipinski definition) is 4. The van der Waals surface area contributed by atoms with Crippen LogP contribution in [0.3, 0.4) is 0 Å². The van der Waals surface area contributed by atoms with E-state index < -0.39 is 0 Å². The summed E-state index contributed by atoms with van der Waals surface area (Å²) in [5, 5.41) is 11.7. The summed E-state index contributed by atoms with van der Waals surface area (Å²) in [6.45, 7) is 3.81. The molecule has 0 aliphatic carbocycles. The normalized spacial score (nSPS) is 12.2. The molecule has 0 spiro atoms. The van der Waals surface area contributed by atoms with Crippen molar-refractivity contribution in [3.8, 4) is 10.6 Å². The second kappa shape index (κ2) is 5.88. The highest BCUT2D eigenvalue weighted by atomic mass is 32.1. The second-order valence-electron chi connectivity index (χ2n) is 4.22. The molecule has 2 aromatic rings. The lowest BCUT2D eigenvalue weighted by molar-refractivity contribution is -0.119. The minimum Gasteiger partial charge on any atom is -0.300 e. The molecule has 1 heterocycles. The number of benzene rings is 1. The van der Waals surface area contributed by atoms with Crippen molar-refractivity contribution in [2.45, 2.75) is 20.3 Å². The number of nitrogens with zero attached hydrogens (tertiary/aromatic N) is 2. The van der Waals surface area contributed by atoms with Gasteiger partial charge in [0.1, 0.15) is 10.8 Å². The summed E-state index contributed by atoms with van der Waals surface area (Å²) in [7, 11) is 0. The smallest absolute Gasteiger partial charge is 0.229 e. The van der Waals surface area contributed by atoms with Gasteiger partial charge in [0.05, 0.1) is 0 Å². The van der Waals surface area contributed by atoms with Gasteiger partial charge in [0.15, 0.2) is 0 Å². The number of hydrogen-bond donors (Lipinski definition) is 1. The maximum Gasteiger partial charge on any atom is 0.229 e. The van der Waals surface area contributed by atoms with Gasteiger partial charge in [0, 0.05) is 11.5 Å². The van der Waals surface area contributed by atoms with Gasteiger partial charge in [-0.3, -0.25) is 4.79 Å². The quantitative estimate of drug-likeness (QED) is 0.934. The Morgan fingerprint density at radius 1 is 1.37 bits per heavy atom. The van der Waals surface area contributed by atoms with E-state index in [0.29, 0.717) is 10.1 Å². The van der Waals surface area contributed by atoms with E-state index in [2.05, 4.69) is 15.5 Å². The van der Waals surface area contributed by atoms with Crippen molar-refractivity contribution in [2.75, 3.05) is 5.32 Å². The number of amides is 1. The molecule has 100 valence electrons. The fraction of sp³-hybridized carbons (Fsp3) is 0.308. The zero-order chi connectivity index (χ0) is 13.8. The third-order valence-corrected chi connectivity index (χ3v) is 3.69. The van der Waals surface area contributed by atoms with Crippen LogP contribution in [0.4, 0.5) is 9.52 Å².